The van der Waals surface area contributed by atoms with Crippen LogP contribution in [0.5, 0.6) is 5.75 Å². The van der Waals surface area contributed by atoms with Crippen LogP contribution in [-0.2, 0) is 9.53 Å². The van der Waals surface area contributed by atoms with Gasteiger partial charge in [-0.2, -0.15) is 0 Å². The molecule has 11 heteroatoms. The van der Waals surface area contributed by atoms with E-state index in [-0.39, 0.29) is 27.7 Å². The number of thiazole rings is 1. The number of halogens is 3. The van der Waals surface area contributed by atoms with Gasteiger partial charge in [0, 0.05) is 28.1 Å². The first kappa shape index (κ1) is 22.8. The zero-order valence-electron chi connectivity index (χ0n) is 16.6. The number of hydrogen-bond donors (Lipinski definition) is 2. The molecule has 3 aromatic rings. The van der Waals surface area contributed by atoms with Crippen LogP contribution in [0.15, 0.2) is 41.5 Å². The number of rotatable bonds is 7. The maximum atomic E-state index is 14.4. The van der Waals surface area contributed by atoms with Gasteiger partial charge in [-0.1, -0.05) is 6.07 Å². The van der Waals surface area contributed by atoms with E-state index >= 15 is 0 Å². The van der Waals surface area contributed by atoms with E-state index < -0.39 is 40.7 Å². The maximum absolute atomic E-state index is 14.4. The van der Waals surface area contributed by atoms with Gasteiger partial charge in [-0.25, -0.2) is 22.9 Å². The Hall–Kier alpha value is -3.86. The fraction of sp³-hybridized carbons (Fsp3) is 0.0952. The summed E-state index contributed by atoms with van der Waals surface area (Å²) in [5.74, 6) is -5.98. The Morgan fingerprint density at radius 2 is 1.84 bits per heavy atom. The minimum atomic E-state index is -1.51. The molecule has 166 valence electrons. The molecule has 32 heavy (non-hydrogen) atoms. The number of hydrogen-bond acceptors (Lipinski definition) is 6. The molecule has 0 spiro atoms. The fourth-order valence-electron chi connectivity index (χ4n) is 2.68. The van der Waals surface area contributed by atoms with E-state index in [1.165, 1.54) is 24.6 Å². The van der Waals surface area contributed by atoms with E-state index in [1.54, 1.807) is 6.07 Å². The lowest BCUT2D eigenvalue weighted by Crippen LogP contribution is -2.13. The van der Waals surface area contributed by atoms with Crippen molar-refractivity contribution in [3.8, 4) is 17.0 Å². The number of carbonyl (C=O) groups is 2. The van der Waals surface area contributed by atoms with Crippen LogP contribution in [0.1, 0.15) is 15.9 Å². The molecule has 2 aromatic carbocycles. The summed E-state index contributed by atoms with van der Waals surface area (Å²) in [6.45, 7) is 0. The smallest absolute Gasteiger partial charge is 0.371 e. The van der Waals surface area contributed by atoms with E-state index in [1.807, 2.05) is 0 Å². The van der Waals surface area contributed by atoms with Gasteiger partial charge in [0.05, 0.1) is 19.9 Å². The number of carboxylic acid groups (broad SMARTS) is 1. The van der Waals surface area contributed by atoms with E-state index in [4.69, 9.17) is 9.84 Å². The first-order valence-corrected chi connectivity index (χ1v) is 9.70. The number of carboxylic acids is 1. The van der Waals surface area contributed by atoms with Crippen LogP contribution in [0.4, 0.5) is 18.3 Å². The quantitative estimate of drug-likeness (QED) is 0.393. The predicted molar refractivity (Wildman–Crippen MR) is 111 cm³/mol. The Labute approximate surface area is 183 Å². The van der Waals surface area contributed by atoms with Crippen molar-refractivity contribution in [2.75, 3.05) is 19.5 Å². The van der Waals surface area contributed by atoms with E-state index in [0.29, 0.717) is 6.08 Å². The van der Waals surface area contributed by atoms with Crippen molar-refractivity contribution in [3.05, 3.63) is 70.0 Å². The van der Waals surface area contributed by atoms with Crippen molar-refractivity contribution in [2.24, 2.45) is 0 Å². The number of benzene rings is 2. The van der Waals surface area contributed by atoms with E-state index in [0.717, 1.165) is 30.6 Å². The molecule has 1 aromatic heterocycles. The highest BCUT2D eigenvalue weighted by Gasteiger charge is 2.19. The standard InChI is InChI=1S/C21H15F3N2O5S/c1-30-16-5-3-4-11(18(16)24)15-9-32-21(25-15)26-19(27)10-6-13(22)12(14(23)7-10)8-17(31-2)20(28)29/h3-9H,1-2H3,(H,28,29)(H,25,26,27). The highest BCUT2D eigenvalue weighted by atomic mass is 32.1. The van der Waals surface area contributed by atoms with Gasteiger partial charge in [-0.3, -0.25) is 10.1 Å². The normalized spacial score (nSPS) is 11.2. The third-order valence-electron chi connectivity index (χ3n) is 4.23. The van der Waals surface area contributed by atoms with Crippen molar-refractivity contribution in [3.63, 3.8) is 0 Å². The summed E-state index contributed by atoms with van der Waals surface area (Å²) >= 11 is 0.986. The second kappa shape index (κ2) is 9.52. The number of anilines is 1. The van der Waals surface area contributed by atoms with Crippen LogP contribution in [0.2, 0.25) is 0 Å². The van der Waals surface area contributed by atoms with Crippen LogP contribution < -0.4 is 10.1 Å². The molecule has 0 unspecified atom stereocenters. The lowest BCUT2D eigenvalue weighted by molar-refractivity contribution is -0.135. The number of aliphatic carboxylic acids is 1. The molecule has 0 atom stereocenters. The number of carbonyl (C=O) groups excluding carboxylic acids is 1. The Balaban J connectivity index is 1.84. The van der Waals surface area contributed by atoms with E-state index in [2.05, 4.69) is 15.0 Å². The van der Waals surface area contributed by atoms with Gasteiger partial charge in [-0.15, -0.1) is 11.3 Å². The second-order valence-electron chi connectivity index (χ2n) is 6.19. The molecule has 0 saturated carbocycles. The Bertz CT molecular complexity index is 1200. The molecule has 7 nitrogen and oxygen atoms in total. The molecule has 3 rings (SSSR count). The summed E-state index contributed by atoms with van der Waals surface area (Å²) in [6, 6.07) is 6.00. The Morgan fingerprint density at radius 3 is 2.44 bits per heavy atom. The van der Waals surface area contributed by atoms with Gasteiger partial charge in [0.1, 0.15) is 11.6 Å². The summed E-state index contributed by atoms with van der Waals surface area (Å²) in [5, 5.41) is 12.9. The monoisotopic (exact) mass is 464 g/mol. The number of methoxy groups -OCH3 is 2. The average molecular weight is 464 g/mol. The van der Waals surface area contributed by atoms with Crippen LogP contribution in [0.25, 0.3) is 17.3 Å². The summed E-state index contributed by atoms with van der Waals surface area (Å²) < 4.78 is 52.5. The van der Waals surface area contributed by atoms with Crippen LogP contribution in [-0.4, -0.2) is 36.2 Å². The number of nitrogens with one attached hydrogen (secondary N) is 1. The van der Waals surface area contributed by atoms with Gasteiger partial charge in [0.25, 0.3) is 5.91 Å². The van der Waals surface area contributed by atoms with Crippen LogP contribution >= 0.6 is 11.3 Å². The van der Waals surface area contributed by atoms with Crippen molar-refractivity contribution < 1.29 is 37.3 Å². The fourth-order valence-corrected chi connectivity index (χ4v) is 3.39. The predicted octanol–water partition coefficient (Wildman–Crippen LogP) is 4.56. The number of aromatic nitrogens is 1. The van der Waals surface area contributed by atoms with Crippen molar-refractivity contribution in [1.82, 2.24) is 4.98 Å². The number of ether oxygens (including phenoxy) is 2. The molecule has 0 radical (unpaired) electrons. The Morgan fingerprint density at radius 1 is 1.16 bits per heavy atom. The third kappa shape index (κ3) is 4.72. The van der Waals surface area contributed by atoms with Crippen LogP contribution in [0, 0.1) is 17.5 Å². The van der Waals surface area contributed by atoms with Gasteiger partial charge >= 0.3 is 5.97 Å². The summed E-state index contributed by atoms with van der Waals surface area (Å²) in [4.78, 5) is 27.5. The molecule has 1 heterocycles. The highest BCUT2D eigenvalue weighted by Crippen LogP contribution is 2.31. The minimum Gasteiger partial charge on any atom is -0.494 e. The molecular formula is C21H15F3N2O5S. The molecule has 0 aliphatic heterocycles. The molecule has 0 saturated heterocycles. The lowest BCUT2D eigenvalue weighted by Gasteiger charge is -2.07. The molecule has 0 aliphatic rings. The third-order valence-corrected chi connectivity index (χ3v) is 4.99. The van der Waals surface area contributed by atoms with Gasteiger partial charge in [0.15, 0.2) is 16.7 Å². The molecular weight excluding hydrogens is 449 g/mol. The number of amides is 1. The zero-order chi connectivity index (χ0) is 23.4. The van der Waals surface area contributed by atoms with Crippen LogP contribution in [0.3, 0.4) is 0 Å². The van der Waals surface area contributed by atoms with Crippen molar-refractivity contribution in [1.29, 1.82) is 0 Å². The van der Waals surface area contributed by atoms with Gasteiger partial charge < -0.3 is 14.6 Å². The largest absolute Gasteiger partial charge is 0.494 e. The van der Waals surface area contributed by atoms with Gasteiger partial charge in [0.2, 0.25) is 5.76 Å². The number of nitrogens with zero attached hydrogens (tertiary/aromatic N) is 1. The van der Waals surface area contributed by atoms with Crippen molar-refractivity contribution >= 4 is 34.4 Å². The van der Waals surface area contributed by atoms with E-state index in [9.17, 15) is 22.8 Å². The molecule has 0 bridgehead atoms. The summed E-state index contributed by atoms with van der Waals surface area (Å²) in [5.41, 5.74) is -0.649. The lowest BCUT2D eigenvalue weighted by atomic mass is 10.1. The maximum Gasteiger partial charge on any atom is 0.371 e. The van der Waals surface area contributed by atoms with Crippen molar-refractivity contribution in [2.45, 2.75) is 0 Å². The zero-order valence-corrected chi connectivity index (χ0v) is 17.4. The molecule has 0 aliphatic carbocycles. The van der Waals surface area contributed by atoms with Gasteiger partial charge in [-0.05, 0) is 24.3 Å². The second-order valence-corrected chi connectivity index (χ2v) is 7.04. The molecule has 1 amide bonds. The SMILES string of the molecule is COC(=Cc1c(F)cc(C(=O)Nc2nc(-c3cccc(OC)c3F)cs2)cc1F)C(=O)O. The molecule has 2 N–H and O–H groups in total. The topological polar surface area (TPSA) is 97.8 Å². The summed E-state index contributed by atoms with van der Waals surface area (Å²) in [7, 11) is 2.36. The average Bonchev–Trinajstić information content (AvgIpc) is 3.21. The summed E-state index contributed by atoms with van der Waals surface area (Å²) in [6.07, 6.45) is 0.671. The Kier molecular flexibility index (Phi) is 6.79. The highest BCUT2D eigenvalue weighted by molar-refractivity contribution is 7.14. The first-order chi connectivity index (χ1) is 15.2. The molecule has 0 fully saturated rings. The minimum absolute atomic E-state index is 0.0284. The first-order valence-electron chi connectivity index (χ1n) is 8.83.